The first-order valence-corrected chi connectivity index (χ1v) is 6.67. The van der Waals surface area contributed by atoms with E-state index in [2.05, 4.69) is 32.8 Å². The molecule has 1 saturated carbocycles. The van der Waals surface area contributed by atoms with Gasteiger partial charge in [0.15, 0.2) is 0 Å². The van der Waals surface area contributed by atoms with Gasteiger partial charge in [-0.1, -0.05) is 12.8 Å². The van der Waals surface area contributed by atoms with E-state index < -0.39 is 0 Å². The van der Waals surface area contributed by atoms with Crippen molar-refractivity contribution in [1.29, 1.82) is 0 Å². The third kappa shape index (κ3) is 2.57. The molecule has 0 bridgehead atoms. The number of nitrogens with two attached hydrogens (primary N) is 1. The van der Waals surface area contributed by atoms with Crippen LogP contribution in [0.1, 0.15) is 36.6 Å². The molecule has 1 aliphatic carbocycles. The van der Waals surface area contributed by atoms with Gasteiger partial charge in [0, 0.05) is 9.35 Å². The summed E-state index contributed by atoms with van der Waals surface area (Å²) >= 11 is 5.31. The van der Waals surface area contributed by atoms with Crippen molar-refractivity contribution in [3.63, 3.8) is 0 Å². The van der Waals surface area contributed by atoms with Gasteiger partial charge >= 0.3 is 0 Å². The molecule has 0 amide bonds. The second kappa shape index (κ2) is 4.75. The Kier molecular flexibility index (Phi) is 3.60. The van der Waals surface area contributed by atoms with Crippen molar-refractivity contribution in [2.45, 2.75) is 31.7 Å². The highest BCUT2D eigenvalue weighted by atomic mass is 79.9. The average Bonchev–Trinajstić information content (AvgIpc) is 2.92. The Morgan fingerprint density at radius 2 is 2.43 bits per heavy atom. The molecule has 14 heavy (non-hydrogen) atoms. The number of hydrogen-bond donors (Lipinski definition) is 2. The first kappa shape index (κ1) is 10.6. The molecule has 0 saturated heterocycles. The quantitative estimate of drug-likeness (QED) is 0.639. The minimum atomic E-state index is 0.324. The van der Waals surface area contributed by atoms with Crippen LogP contribution in [0.5, 0.6) is 0 Å². The van der Waals surface area contributed by atoms with Gasteiger partial charge in [-0.05, 0) is 46.1 Å². The largest absolute Gasteiger partial charge is 0.271 e. The smallest absolute Gasteiger partial charge is 0.0564 e. The van der Waals surface area contributed by atoms with Crippen molar-refractivity contribution in [2.75, 3.05) is 0 Å². The maximum absolute atomic E-state index is 5.58. The van der Waals surface area contributed by atoms with Crippen molar-refractivity contribution in [1.82, 2.24) is 5.43 Å². The van der Waals surface area contributed by atoms with Crippen LogP contribution in [0.2, 0.25) is 0 Å². The molecular formula is C10H15BrN2S. The summed E-state index contributed by atoms with van der Waals surface area (Å²) in [6.45, 7) is 0. The lowest BCUT2D eigenvalue weighted by Gasteiger charge is -2.14. The van der Waals surface area contributed by atoms with E-state index in [4.69, 9.17) is 5.84 Å². The zero-order chi connectivity index (χ0) is 9.97. The van der Waals surface area contributed by atoms with Crippen LogP contribution in [-0.4, -0.2) is 0 Å². The van der Waals surface area contributed by atoms with E-state index >= 15 is 0 Å². The minimum Gasteiger partial charge on any atom is -0.271 e. The maximum Gasteiger partial charge on any atom is 0.0564 e. The first-order chi connectivity index (χ1) is 6.81. The Labute approximate surface area is 97.0 Å². The molecule has 0 aliphatic heterocycles. The van der Waals surface area contributed by atoms with Crippen molar-refractivity contribution < 1.29 is 0 Å². The molecule has 0 radical (unpaired) electrons. The number of hydrogen-bond acceptors (Lipinski definition) is 3. The Morgan fingerprint density at radius 1 is 1.64 bits per heavy atom. The van der Waals surface area contributed by atoms with E-state index in [1.54, 1.807) is 11.3 Å². The summed E-state index contributed by atoms with van der Waals surface area (Å²) in [6.07, 6.45) is 5.30. The van der Waals surface area contributed by atoms with Crippen molar-refractivity contribution in [3.8, 4) is 0 Å². The van der Waals surface area contributed by atoms with Crippen molar-refractivity contribution >= 4 is 27.3 Å². The zero-order valence-electron chi connectivity index (χ0n) is 8.00. The molecule has 78 valence electrons. The van der Waals surface area contributed by atoms with Crippen LogP contribution in [0.4, 0.5) is 0 Å². The fraction of sp³-hybridized carbons (Fsp3) is 0.600. The molecule has 1 heterocycles. The van der Waals surface area contributed by atoms with Gasteiger partial charge in [-0.2, -0.15) is 0 Å². The topological polar surface area (TPSA) is 38.0 Å². The van der Waals surface area contributed by atoms with Crippen LogP contribution in [0.25, 0.3) is 0 Å². The highest BCUT2D eigenvalue weighted by Crippen LogP contribution is 2.38. The second-order valence-electron chi connectivity index (χ2n) is 3.87. The van der Waals surface area contributed by atoms with Gasteiger partial charge < -0.3 is 0 Å². The van der Waals surface area contributed by atoms with Gasteiger partial charge in [0.2, 0.25) is 0 Å². The van der Waals surface area contributed by atoms with Crippen molar-refractivity contribution in [3.05, 3.63) is 20.8 Å². The van der Waals surface area contributed by atoms with Crippen LogP contribution in [-0.2, 0) is 0 Å². The molecule has 0 aromatic carbocycles. The Bertz CT molecular complexity index is 296. The maximum atomic E-state index is 5.58. The summed E-state index contributed by atoms with van der Waals surface area (Å²) in [4.78, 5) is 1.33. The van der Waals surface area contributed by atoms with E-state index in [0.29, 0.717) is 6.04 Å². The molecule has 1 aliphatic rings. The number of halogens is 1. The summed E-state index contributed by atoms with van der Waals surface area (Å²) in [5.41, 5.74) is 2.91. The summed E-state index contributed by atoms with van der Waals surface area (Å²) in [5.74, 6) is 6.55. The third-order valence-corrected chi connectivity index (χ3v) is 4.71. The van der Waals surface area contributed by atoms with Crippen LogP contribution >= 0.6 is 27.3 Å². The molecule has 0 spiro atoms. The Balaban J connectivity index is 1.93. The standard InChI is InChI=1S/C10H15BrN2S/c11-8-5-6-14-10(8)9(13-12)4-3-7-1-2-7/h5-7,9,13H,1-4,12H2. The van der Waals surface area contributed by atoms with E-state index in [0.717, 1.165) is 12.3 Å². The monoisotopic (exact) mass is 274 g/mol. The predicted molar refractivity (Wildman–Crippen MR) is 64.0 cm³/mol. The molecule has 1 unspecified atom stereocenters. The molecular weight excluding hydrogens is 260 g/mol. The van der Waals surface area contributed by atoms with Crippen LogP contribution < -0.4 is 11.3 Å². The predicted octanol–water partition coefficient (Wildman–Crippen LogP) is 3.21. The number of hydrazine groups is 1. The molecule has 1 fully saturated rings. The normalized spacial score (nSPS) is 18.4. The molecule has 1 aromatic rings. The molecule has 2 nitrogen and oxygen atoms in total. The van der Waals surface area contributed by atoms with E-state index in [1.807, 2.05) is 0 Å². The van der Waals surface area contributed by atoms with E-state index in [1.165, 1.54) is 28.6 Å². The molecule has 1 aromatic heterocycles. The molecule has 3 N–H and O–H groups in total. The van der Waals surface area contributed by atoms with E-state index in [9.17, 15) is 0 Å². The summed E-state index contributed by atoms with van der Waals surface area (Å²) in [5, 5.41) is 2.10. The SMILES string of the molecule is NNC(CCC1CC1)c1sccc1Br. The summed E-state index contributed by atoms with van der Waals surface area (Å²) in [7, 11) is 0. The van der Waals surface area contributed by atoms with Crippen molar-refractivity contribution in [2.24, 2.45) is 11.8 Å². The number of nitrogens with one attached hydrogen (secondary N) is 1. The minimum absolute atomic E-state index is 0.324. The fourth-order valence-corrected chi connectivity index (χ4v) is 3.40. The van der Waals surface area contributed by atoms with Gasteiger partial charge in [-0.3, -0.25) is 11.3 Å². The fourth-order valence-electron chi connectivity index (χ4n) is 1.65. The molecule has 1 atom stereocenters. The lowest BCUT2D eigenvalue weighted by molar-refractivity contribution is 0.487. The second-order valence-corrected chi connectivity index (χ2v) is 5.67. The number of thiophene rings is 1. The molecule has 2 rings (SSSR count). The number of rotatable bonds is 5. The highest BCUT2D eigenvalue weighted by molar-refractivity contribution is 9.10. The summed E-state index contributed by atoms with van der Waals surface area (Å²) in [6, 6.07) is 2.41. The molecule has 4 heteroatoms. The van der Waals surface area contributed by atoms with Crippen LogP contribution in [0.15, 0.2) is 15.9 Å². The van der Waals surface area contributed by atoms with Gasteiger partial charge in [0.1, 0.15) is 0 Å². The Hall–Kier alpha value is 0.100. The van der Waals surface area contributed by atoms with Crippen LogP contribution in [0, 0.1) is 5.92 Å². The first-order valence-electron chi connectivity index (χ1n) is 5.00. The van der Waals surface area contributed by atoms with Crippen LogP contribution in [0.3, 0.4) is 0 Å². The summed E-state index contributed by atoms with van der Waals surface area (Å²) < 4.78 is 1.18. The van der Waals surface area contributed by atoms with E-state index in [-0.39, 0.29) is 0 Å². The van der Waals surface area contributed by atoms with Gasteiger partial charge in [-0.15, -0.1) is 11.3 Å². The lowest BCUT2D eigenvalue weighted by Crippen LogP contribution is -2.27. The Morgan fingerprint density at radius 3 is 2.93 bits per heavy atom. The average molecular weight is 275 g/mol. The van der Waals surface area contributed by atoms with Gasteiger partial charge in [0.25, 0.3) is 0 Å². The van der Waals surface area contributed by atoms with Gasteiger partial charge in [-0.25, -0.2) is 0 Å². The van der Waals surface area contributed by atoms with Gasteiger partial charge in [0.05, 0.1) is 6.04 Å². The zero-order valence-corrected chi connectivity index (χ0v) is 10.4. The lowest BCUT2D eigenvalue weighted by atomic mass is 10.1. The third-order valence-electron chi connectivity index (χ3n) is 2.72. The highest BCUT2D eigenvalue weighted by Gasteiger charge is 2.23.